The van der Waals surface area contributed by atoms with Crippen LogP contribution in [0.3, 0.4) is 0 Å². The van der Waals surface area contributed by atoms with E-state index in [0.29, 0.717) is 12.8 Å². The summed E-state index contributed by atoms with van der Waals surface area (Å²) in [5.74, 6) is 0.327. The molecule has 0 spiro atoms. The van der Waals surface area contributed by atoms with E-state index in [1.807, 2.05) is 31.2 Å². The summed E-state index contributed by atoms with van der Waals surface area (Å²) in [5, 5.41) is 4.10. The second kappa shape index (κ2) is 7.75. The average Bonchev–Trinajstić information content (AvgIpc) is 3.12. The van der Waals surface area contributed by atoms with Crippen molar-refractivity contribution in [3.05, 3.63) is 72.1 Å². The van der Waals surface area contributed by atoms with Gasteiger partial charge in [0.25, 0.3) is 0 Å². The van der Waals surface area contributed by atoms with Gasteiger partial charge in [-0.05, 0) is 50.1 Å². The van der Waals surface area contributed by atoms with Crippen molar-refractivity contribution < 1.29 is 17.4 Å². The van der Waals surface area contributed by atoms with Gasteiger partial charge in [0.1, 0.15) is 16.4 Å². The number of nitrogens with zero attached hydrogens (tertiary/aromatic N) is 2. The highest BCUT2D eigenvalue weighted by atomic mass is 32.2. The third kappa shape index (κ3) is 4.83. The van der Waals surface area contributed by atoms with Crippen molar-refractivity contribution in [1.82, 2.24) is 9.78 Å². The lowest BCUT2D eigenvalue weighted by Gasteiger charge is -2.06. The van der Waals surface area contributed by atoms with E-state index in [0.717, 1.165) is 16.8 Å². The van der Waals surface area contributed by atoms with Gasteiger partial charge >= 0.3 is 10.1 Å². The highest BCUT2D eigenvalue weighted by Crippen LogP contribution is 2.20. The van der Waals surface area contributed by atoms with E-state index in [9.17, 15) is 13.2 Å². The molecule has 140 valence electrons. The molecule has 0 N–H and O–H groups in total. The molecule has 0 fully saturated rings. The molecule has 6 nitrogen and oxygen atoms in total. The maximum Gasteiger partial charge on any atom is 0.342 e. The van der Waals surface area contributed by atoms with Crippen LogP contribution in [0, 0.1) is 6.92 Å². The summed E-state index contributed by atoms with van der Waals surface area (Å²) in [4.78, 5) is 11.0. The van der Waals surface area contributed by atoms with Gasteiger partial charge in [-0.15, -0.1) is 0 Å². The van der Waals surface area contributed by atoms with Crippen LogP contribution in [-0.4, -0.2) is 24.0 Å². The van der Waals surface area contributed by atoms with Crippen molar-refractivity contribution in [3.8, 4) is 11.4 Å². The van der Waals surface area contributed by atoms with Crippen LogP contribution in [-0.2, 0) is 21.3 Å². The average molecular weight is 384 g/mol. The minimum Gasteiger partial charge on any atom is -0.379 e. The van der Waals surface area contributed by atoms with Gasteiger partial charge in [0.15, 0.2) is 0 Å². The van der Waals surface area contributed by atoms with Crippen molar-refractivity contribution in [2.24, 2.45) is 0 Å². The number of carbonyl (C=O) groups excluding carboxylic acids is 1. The fraction of sp³-hybridized carbons (Fsp3) is 0.200. The smallest absolute Gasteiger partial charge is 0.342 e. The van der Waals surface area contributed by atoms with Gasteiger partial charge in [-0.1, -0.05) is 29.8 Å². The molecule has 0 aliphatic rings. The maximum atomic E-state index is 12.5. The molecule has 0 bridgehead atoms. The number of hydrogen-bond donors (Lipinski definition) is 0. The first-order valence-electron chi connectivity index (χ1n) is 8.48. The zero-order chi connectivity index (χ0) is 19.4. The molecule has 27 heavy (non-hydrogen) atoms. The highest BCUT2D eigenvalue weighted by Gasteiger charge is 2.19. The Balaban J connectivity index is 1.73. The monoisotopic (exact) mass is 384 g/mol. The summed E-state index contributed by atoms with van der Waals surface area (Å²) >= 11 is 0. The van der Waals surface area contributed by atoms with Crippen molar-refractivity contribution in [3.63, 3.8) is 0 Å². The SMILES string of the molecule is CC(=O)CCc1ccc(OS(=O)(=O)c2cnn(-c3ccc(C)cc3)c2)cc1. The molecular formula is C20H20N2O4S. The first-order chi connectivity index (χ1) is 12.8. The van der Waals surface area contributed by atoms with E-state index in [-0.39, 0.29) is 16.4 Å². The molecule has 7 heteroatoms. The summed E-state index contributed by atoms with van der Waals surface area (Å²) in [5.41, 5.74) is 2.81. The largest absolute Gasteiger partial charge is 0.379 e. The molecule has 0 aliphatic heterocycles. The molecule has 2 aromatic carbocycles. The van der Waals surface area contributed by atoms with Gasteiger partial charge in [-0.2, -0.15) is 13.5 Å². The summed E-state index contributed by atoms with van der Waals surface area (Å²) in [7, 11) is -3.98. The third-order valence-corrected chi connectivity index (χ3v) is 5.24. The Morgan fingerprint density at radius 1 is 1.07 bits per heavy atom. The molecule has 0 aliphatic carbocycles. The first kappa shape index (κ1) is 18.8. The summed E-state index contributed by atoms with van der Waals surface area (Å²) in [6, 6.07) is 14.2. The van der Waals surface area contributed by atoms with E-state index in [1.54, 1.807) is 31.2 Å². The summed E-state index contributed by atoms with van der Waals surface area (Å²) in [6.45, 7) is 3.52. The lowest BCUT2D eigenvalue weighted by atomic mass is 10.1. The van der Waals surface area contributed by atoms with Gasteiger partial charge in [0.2, 0.25) is 0 Å². The van der Waals surface area contributed by atoms with E-state index < -0.39 is 10.1 Å². The number of carbonyl (C=O) groups is 1. The van der Waals surface area contributed by atoms with Gasteiger partial charge in [0.05, 0.1) is 18.1 Å². The molecule has 1 aromatic heterocycles. The van der Waals surface area contributed by atoms with Gasteiger partial charge < -0.3 is 8.98 Å². The van der Waals surface area contributed by atoms with Crippen LogP contribution in [0.2, 0.25) is 0 Å². The van der Waals surface area contributed by atoms with Crippen LogP contribution in [0.25, 0.3) is 5.69 Å². The number of benzene rings is 2. The normalized spacial score (nSPS) is 11.3. The Morgan fingerprint density at radius 3 is 2.37 bits per heavy atom. The van der Waals surface area contributed by atoms with E-state index in [1.165, 1.54) is 17.1 Å². The Labute approximate surface area is 158 Å². The molecule has 0 amide bonds. The van der Waals surface area contributed by atoms with Crippen LogP contribution < -0.4 is 4.18 Å². The Bertz CT molecular complexity index is 1040. The zero-order valence-corrected chi connectivity index (χ0v) is 15.9. The lowest BCUT2D eigenvalue weighted by molar-refractivity contribution is -0.116. The second-order valence-electron chi connectivity index (χ2n) is 6.34. The van der Waals surface area contributed by atoms with Crippen LogP contribution in [0.5, 0.6) is 5.75 Å². The Kier molecular flexibility index (Phi) is 5.41. The summed E-state index contributed by atoms with van der Waals surface area (Å²) < 4.78 is 31.6. The molecule has 0 atom stereocenters. The number of aryl methyl sites for hydroxylation is 2. The van der Waals surface area contributed by atoms with Gasteiger partial charge in [0, 0.05) is 6.42 Å². The fourth-order valence-electron chi connectivity index (χ4n) is 2.48. The summed E-state index contributed by atoms with van der Waals surface area (Å²) in [6.07, 6.45) is 3.75. The maximum absolute atomic E-state index is 12.5. The standard InChI is InChI=1S/C20H20N2O4S/c1-15-3-9-18(10-4-15)22-14-20(13-21-22)27(24,25)26-19-11-7-17(8-12-19)6-5-16(2)23/h3-4,7-14H,5-6H2,1-2H3. The minimum atomic E-state index is -3.98. The molecule has 3 aromatic rings. The van der Waals surface area contributed by atoms with E-state index >= 15 is 0 Å². The molecule has 3 rings (SSSR count). The Hall–Kier alpha value is -2.93. The lowest BCUT2D eigenvalue weighted by Crippen LogP contribution is -2.09. The number of Topliss-reactive ketones (excluding diaryl/α,β-unsaturated/α-hetero) is 1. The predicted molar refractivity (Wildman–Crippen MR) is 102 cm³/mol. The van der Waals surface area contributed by atoms with Crippen LogP contribution in [0.4, 0.5) is 0 Å². The van der Waals surface area contributed by atoms with Crippen molar-refractivity contribution >= 4 is 15.9 Å². The zero-order valence-electron chi connectivity index (χ0n) is 15.1. The Morgan fingerprint density at radius 2 is 1.74 bits per heavy atom. The van der Waals surface area contributed by atoms with Crippen LogP contribution in [0.15, 0.2) is 65.8 Å². The molecule has 0 saturated carbocycles. The number of rotatable bonds is 7. The quantitative estimate of drug-likeness (QED) is 0.583. The topological polar surface area (TPSA) is 78.3 Å². The van der Waals surface area contributed by atoms with Crippen molar-refractivity contribution in [2.45, 2.75) is 31.6 Å². The van der Waals surface area contributed by atoms with E-state index in [2.05, 4.69) is 5.10 Å². The van der Waals surface area contributed by atoms with Crippen LogP contribution in [0.1, 0.15) is 24.5 Å². The second-order valence-corrected chi connectivity index (χ2v) is 7.89. The molecule has 0 saturated heterocycles. The minimum absolute atomic E-state index is 0.0243. The van der Waals surface area contributed by atoms with E-state index in [4.69, 9.17) is 4.18 Å². The number of hydrogen-bond acceptors (Lipinski definition) is 5. The first-order valence-corrected chi connectivity index (χ1v) is 9.89. The fourth-order valence-corrected chi connectivity index (χ4v) is 3.35. The predicted octanol–water partition coefficient (Wildman–Crippen LogP) is 3.47. The number of ketones is 1. The highest BCUT2D eigenvalue weighted by molar-refractivity contribution is 7.87. The molecule has 0 unspecified atom stereocenters. The molecule has 1 heterocycles. The van der Waals surface area contributed by atoms with Crippen LogP contribution >= 0.6 is 0 Å². The number of aromatic nitrogens is 2. The van der Waals surface area contributed by atoms with Crippen molar-refractivity contribution in [1.29, 1.82) is 0 Å². The van der Waals surface area contributed by atoms with Crippen molar-refractivity contribution in [2.75, 3.05) is 0 Å². The van der Waals surface area contributed by atoms with Gasteiger partial charge in [-0.3, -0.25) is 0 Å². The van der Waals surface area contributed by atoms with Gasteiger partial charge in [-0.25, -0.2) is 4.68 Å². The molecular weight excluding hydrogens is 364 g/mol. The third-order valence-electron chi connectivity index (χ3n) is 4.04. The molecule has 0 radical (unpaired) electrons.